The van der Waals surface area contributed by atoms with E-state index in [1.54, 1.807) is 45.2 Å². The quantitative estimate of drug-likeness (QED) is 0.321. The number of hydrogen-bond donors (Lipinski definition) is 3. The van der Waals surface area contributed by atoms with E-state index in [1.807, 2.05) is 30.3 Å². The number of carbonyl (C=O) groups excluding carboxylic acids is 4. The molecule has 2 aliphatic heterocycles. The van der Waals surface area contributed by atoms with Crippen molar-refractivity contribution in [1.82, 2.24) is 16.0 Å². The Bertz CT molecular complexity index is 1190. The Hall–Kier alpha value is -3.76. The van der Waals surface area contributed by atoms with Crippen LogP contribution >= 0.6 is 0 Å². The van der Waals surface area contributed by atoms with Crippen LogP contribution in [0, 0.1) is 0 Å². The normalized spacial score (nSPS) is 21.9. The lowest BCUT2D eigenvalue weighted by atomic mass is 9.94. The molecule has 0 bridgehead atoms. The van der Waals surface area contributed by atoms with Gasteiger partial charge in [0.2, 0.25) is 17.7 Å². The predicted octanol–water partition coefficient (Wildman–Crippen LogP) is 1.49. The molecule has 0 aromatic heterocycles. The van der Waals surface area contributed by atoms with E-state index in [0.717, 1.165) is 17.5 Å². The lowest BCUT2D eigenvalue weighted by Crippen LogP contribution is -2.57. The molecular formula is C30H37N3O7. The van der Waals surface area contributed by atoms with Crippen LogP contribution < -0.4 is 20.7 Å². The molecule has 10 nitrogen and oxygen atoms in total. The van der Waals surface area contributed by atoms with Gasteiger partial charge in [-0.3, -0.25) is 19.2 Å². The van der Waals surface area contributed by atoms with Crippen molar-refractivity contribution in [3.05, 3.63) is 65.7 Å². The van der Waals surface area contributed by atoms with Crippen LogP contribution in [-0.4, -0.2) is 73.7 Å². The van der Waals surface area contributed by atoms with Crippen molar-refractivity contribution in [2.75, 3.05) is 20.3 Å². The average Bonchev–Trinajstić information content (AvgIpc) is 3.47. The lowest BCUT2D eigenvalue weighted by molar-refractivity contribution is -0.136. The summed E-state index contributed by atoms with van der Waals surface area (Å²) < 4.78 is 16.0. The molecule has 2 fully saturated rings. The number of ether oxygens (including phenoxy) is 3. The van der Waals surface area contributed by atoms with Gasteiger partial charge in [0.15, 0.2) is 5.78 Å². The minimum atomic E-state index is -1.01. The van der Waals surface area contributed by atoms with Crippen molar-refractivity contribution in [3.63, 3.8) is 0 Å². The number of Topliss-reactive ketones (excluding diaryl/α,β-unsaturated/α-hetero) is 1. The molecule has 2 heterocycles. The molecule has 0 radical (unpaired) electrons. The van der Waals surface area contributed by atoms with Crippen molar-refractivity contribution in [1.29, 1.82) is 0 Å². The Morgan fingerprint density at radius 1 is 0.925 bits per heavy atom. The summed E-state index contributed by atoms with van der Waals surface area (Å²) in [6, 6.07) is 13.8. The first-order chi connectivity index (χ1) is 19.2. The van der Waals surface area contributed by atoms with Crippen molar-refractivity contribution >= 4 is 23.5 Å². The van der Waals surface area contributed by atoms with E-state index in [2.05, 4.69) is 16.0 Å². The van der Waals surface area contributed by atoms with Crippen molar-refractivity contribution in [2.24, 2.45) is 0 Å². The van der Waals surface area contributed by atoms with Gasteiger partial charge in [-0.05, 0) is 56.4 Å². The van der Waals surface area contributed by atoms with Gasteiger partial charge in [0.25, 0.3) is 0 Å². The average molecular weight is 552 g/mol. The highest BCUT2D eigenvalue weighted by atomic mass is 16.6. The van der Waals surface area contributed by atoms with Crippen LogP contribution in [0.4, 0.5) is 0 Å². The Morgan fingerprint density at radius 2 is 1.55 bits per heavy atom. The van der Waals surface area contributed by atoms with Gasteiger partial charge in [0.05, 0.1) is 19.8 Å². The highest BCUT2D eigenvalue weighted by Crippen LogP contribution is 2.29. The second-order valence-electron chi connectivity index (χ2n) is 10.5. The maximum atomic E-state index is 13.7. The zero-order valence-corrected chi connectivity index (χ0v) is 23.1. The first kappa shape index (κ1) is 29.2. The molecule has 0 unspecified atom stereocenters. The fraction of sp³-hybridized carbons (Fsp3) is 0.467. The van der Waals surface area contributed by atoms with Crippen LogP contribution in [0.5, 0.6) is 5.75 Å². The van der Waals surface area contributed by atoms with Crippen molar-refractivity contribution < 1.29 is 33.4 Å². The molecule has 3 N–H and O–H groups in total. The second-order valence-corrected chi connectivity index (χ2v) is 10.5. The summed E-state index contributed by atoms with van der Waals surface area (Å²) in [6.45, 7) is 4.06. The Labute approximate surface area is 234 Å². The highest BCUT2D eigenvalue weighted by molar-refractivity contribution is 5.98. The third-order valence-corrected chi connectivity index (χ3v) is 7.22. The zero-order valence-electron chi connectivity index (χ0n) is 23.1. The first-order valence-electron chi connectivity index (χ1n) is 13.6. The number of methoxy groups -OCH3 is 1. The Kier molecular flexibility index (Phi) is 9.54. The Morgan fingerprint density at radius 3 is 2.15 bits per heavy atom. The van der Waals surface area contributed by atoms with Crippen molar-refractivity contribution in [3.8, 4) is 5.75 Å². The summed E-state index contributed by atoms with van der Waals surface area (Å²) in [7, 11) is 1.56. The number of hydrogen-bond acceptors (Lipinski definition) is 7. The summed E-state index contributed by atoms with van der Waals surface area (Å²) in [4.78, 5) is 52.6. The minimum absolute atomic E-state index is 0.161. The molecule has 0 saturated carbocycles. The summed E-state index contributed by atoms with van der Waals surface area (Å²) >= 11 is 0. The maximum Gasteiger partial charge on any atom is 0.249 e. The van der Waals surface area contributed by atoms with Crippen LogP contribution in [0.25, 0.3) is 0 Å². The number of rotatable bonds is 13. The van der Waals surface area contributed by atoms with E-state index in [4.69, 9.17) is 14.2 Å². The Balaban J connectivity index is 1.50. The molecule has 0 spiro atoms. The number of ketones is 1. The first-order valence-corrected chi connectivity index (χ1v) is 13.6. The van der Waals surface area contributed by atoms with Gasteiger partial charge in [-0.15, -0.1) is 0 Å². The number of amides is 3. The molecule has 5 atom stereocenters. The van der Waals surface area contributed by atoms with E-state index in [-0.39, 0.29) is 24.5 Å². The topological polar surface area (TPSA) is 135 Å². The third kappa shape index (κ3) is 7.67. The zero-order chi connectivity index (χ0) is 28.7. The molecule has 2 aromatic rings. The molecule has 0 aliphatic carbocycles. The number of benzene rings is 2. The molecule has 214 valence electrons. The highest BCUT2D eigenvalue weighted by Gasteiger charge is 2.50. The molecule has 10 heteroatoms. The lowest BCUT2D eigenvalue weighted by Gasteiger charge is -2.25. The van der Waals surface area contributed by atoms with E-state index >= 15 is 0 Å². The van der Waals surface area contributed by atoms with Crippen molar-refractivity contribution in [2.45, 2.75) is 69.4 Å². The SMILES string of the molecule is COc1ccc(C[C@H](NC(=O)[C@H](C)NC(=O)[C@@H]2CCCO2)C(=O)N[C@@H](Cc2ccccc2)C(=O)[C@]2(C)CO2)cc1. The van der Waals surface area contributed by atoms with Crippen LogP contribution in [0.15, 0.2) is 54.6 Å². The van der Waals surface area contributed by atoms with Gasteiger partial charge < -0.3 is 30.2 Å². The molecule has 40 heavy (non-hydrogen) atoms. The standard InChI is InChI=1S/C30H37N3O7/c1-19(31-29(37)25-10-7-15-39-25)27(35)33-24(17-21-11-13-22(38-3)14-12-21)28(36)32-23(26(34)30(2)18-40-30)16-20-8-5-4-6-9-20/h4-6,8-9,11-14,19,23-25H,7,10,15-18H2,1-3H3,(H,31,37)(H,32,36)(H,33,35)/t19-,23-,24-,25-,30-/m0/s1. The van der Waals surface area contributed by atoms with Crippen LogP contribution in [0.3, 0.4) is 0 Å². The van der Waals surface area contributed by atoms with Gasteiger partial charge in [-0.25, -0.2) is 0 Å². The van der Waals surface area contributed by atoms with Gasteiger partial charge in [-0.1, -0.05) is 42.5 Å². The van der Waals surface area contributed by atoms with E-state index in [1.165, 1.54) is 0 Å². The molecule has 3 amide bonds. The molecule has 2 saturated heterocycles. The van der Waals surface area contributed by atoms with Gasteiger partial charge in [0, 0.05) is 13.0 Å². The molecule has 2 aliphatic rings. The molecule has 4 rings (SSSR count). The monoisotopic (exact) mass is 551 g/mol. The fourth-order valence-corrected chi connectivity index (χ4v) is 4.61. The van der Waals surface area contributed by atoms with Crippen LogP contribution in [0.2, 0.25) is 0 Å². The van der Waals surface area contributed by atoms with E-state index in [9.17, 15) is 19.2 Å². The summed E-state index contributed by atoms with van der Waals surface area (Å²) in [5.41, 5.74) is 0.718. The van der Waals surface area contributed by atoms with Gasteiger partial charge in [-0.2, -0.15) is 0 Å². The van der Waals surface area contributed by atoms with Gasteiger partial charge in [0.1, 0.15) is 29.5 Å². The fourth-order valence-electron chi connectivity index (χ4n) is 4.61. The molecule has 2 aromatic carbocycles. The summed E-state index contributed by atoms with van der Waals surface area (Å²) in [5, 5.41) is 8.31. The maximum absolute atomic E-state index is 13.7. The number of epoxide rings is 1. The van der Waals surface area contributed by atoms with Crippen LogP contribution in [0.1, 0.15) is 37.8 Å². The molecular weight excluding hydrogens is 514 g/mol. The third-order valence-electron chi connectivity index (χ3n) is 7.22. The van der Waals surface area contributed by atoms with Crippen LogP contribution in [-0.2, 0) is 41.5 Å². The minimum Gasteiger partial charge on any atom is -0.497 e. The van der Waals surface area contributed by atoms with Gasteiger partial charge >= 0.3 is 0 Å². The van der Waals surface area contributed by atoms with E-state index in [0.29, 0.717) is 25.4 Å². The summed E-state index contributed by atoms with van der Waals surface area (Å²) in [6.07, 6.45) is 1.25. The number of nitrogens with one attached hydrogen (secondary N) is 3. The number of carbonyl (C=O) groups is 4. The smallest absolute Gasteiger partial charge is 0.249 e. The second kappa shape index (κ2) is 13.1. The predicted molar refractivity (Wildman–Crippen MR) is 147 cm³/mol. The largest absolute Gasteiger partial charge is 0.497 e. The van der Waals surface area contributed by atoms with E-state index < -0.39 is 41.6 Å². The summed E-state index contributed by atoms with van der Waals surface area (Å²) in [5.74, 6) is -0.965.